The van der Waals surface area contributed by atoms with Crippen molar-refractivity contribution in [3.63, 3.8) is 0 Å². The van der Waals surface area contributed by atoms with Crippen molar-refractivity contribution in [1.29, 1.82) is 5.26 Å². The van der Waals surface area contributed by atoms with Gasteiger partial charge in [-0.2, -0.15) is 5.26 Å². The van der Waals surface area contributed by atoms with Crippen LogP contribution < -0.4 is 10.2 Å². The smallest absolute Gasteiger partial charge is 0.274 e. The Labute approximate surface area is 142 Å². The monoisotopic (exact) mass is 323 g/mol. The number of nitriles is 1. The molecule has 1 aromatic carbocycles. The van der Waals surface area contributed by atoms with Crippen LogP contribution in [-0.4, -0.2) is 29.0 Å². The molecule has 0 aliphatic carbocycles. The largest absolute Gasteiger partial charge is 0.357 e. The van der Waals surface area contributed by atoms with Crippen molar-refractivity contribution in [2.24, 2.45) is 0 Å². The van der Waals surface area contributed by atoms with Crippen molar-refractivity contribution < 1.29 is 4.79 Å². The maximum atomic E-state index is 12.4. The fourth-order valence-electron chi connectivity index (χ4n) is 2.39. The molecule has 6 nitrogen and oxygen atoms in total. The van der Waals surface area contributed by atoms with Crippen molar-refractivity contribution in [2.75, 3.05) is 23.3 Å². The van der Waals surface area contributed by atoms with Crippen LogP contribution in [0.5, 0.6) is 0 Å². The number of nitrogens with zero attached hydrogens (tertiary/aromatic N) is 4. The summed E-state index contributed by atoms with van der Waals surface area (Å²) in [6.45, 7) is 5.99. The molecule has 0 saturated carbocycles. The predicted molar refractivity (Wildman–Crippen MR) is 93.9 cm³/mol. The number of carbonyl (C=O) groups excluding carboxylic acids is 1. The summed E-state index contributed by atoms with van der Waals surface area (Å²) in [5, 5.41) is 11.7. The average molecular weight is 323 g/mol. The fraction of sp³-hybridized carbons (Fsp3) is 0.333. The Balaban J connectivity index is 2.17. The molecule has 6 heteroatoms. The van der Waals surface area contributed by atoms with Gasteiger partial charge in [0.2, 0.25) is 0 Å². The quantitative estimate of drug-likeness (QED) is 0.846. The fourth-order valence-corrected chi connectivity index (χ4v) is 2.39. The highest BCUT2D eigenvalue weighted by molar-refractivity contribution is 6.03. The van der Waals surface area contributed by atoms with E-state index in [4.69, 9.17) is 5.26 Å². The first-order valence-electron chi connectivity index (χ1n) is 8.06. The second-order valence-electron chi connectivity index (χ2n) is 5.40. The molecule has 1 N–H and O–H groups in total. The molecular formula is C18H21N5O. The Bertz CT molecular complexity index is 732. The van der Waals surface area contributed by atoms with E-state index in [1.54, 1.807) is 30.3 Å². The Morgan fingerprint density at radius 1 is 1.21 bits per heavy atom. The molecular weight excluding hydrogens is 302 g/mol. The van der Waals surface area contributed by atoms with E-state index in [1.165, 1.54) is 6.33 Å². The van der Waals surface area contributed by atoms with E-state index in [0.717, 1.165) is 31.7 Å². The SMILES string of the molecule is CCCN(CCC)c1cc(C(=O)Nc2cccc(C#N)c2)ncn1. The summed E-state index contributed by atoms with van der Waals surface area (Å²) in [5.41, 5.74) is 1.37. The number of rotatable bonds is 7. The highest BCUT2D eigenvalue weighted by Crippen LogP contribution is 2.15. The average Bonchev–Trinajstić information content (AvgIpc) is 2.62. The lowest BCUT2D eigenvalue weighted by Crippen LogP contribution is -2.26. The van der Waals surface area contributed by atoms with Crippen LogP contribution in [0.2, 0.25) is 0 Å². The van der Waals surface area contributed by atoms with Gasteiger partial charge in [-0.1, -0.05) is 19.9 Å². The van der Waals surface area contributed by atoms with E-state index >= 15 is 0 Å². The van der Waals surface area contributed by atoms with Gasteiger partial charge < -0.3 is 10.2 Å². The number of aromatic nitrogens is 2. The van der Waals surface area contributed by atoms with Gasteiger partial charge in [-0.05, 0) is 31.0 Å². The highest BCUT2D eigenvalue weighted by atomic mass is 16.1. The van der Waals surface area contributed by atoms with Gasteiger partial charge in [-0.3, -0.25) is 4.79 Å². The molecule has 1 amide bonds. The van der Waals surface area contributed by atoms with Gasteiger partial charge in [0, 0.05) is 24.8 Å². The first-order valence-corrected chi connectivity index (χ1v) is 8.06. The molecule has 1 heterocycles. The Morgan fingerprint density at radius 3 is 2.62 bits per heavy atom. The second-order valence-corrected chi connectivity index (χ2v) is 5.40. The minimum absolute atomic E-state index is 0.305. The maximum absolute atomic E-state index is 12.4. The summed E-state index contributed by atoms with van der Waals surface area (Å²) >= 11 is 0. The van der Waals surface area contributed by atoms with E-state index in [-0.39, 0.29) is 5.91 Å². The molecule has 2 aromatic rings. The number of amides is 1. The van der Waals surface area contributed by atoms with Gasteiger partial charge >= 0.3 is 0 Å². The number of anilines is 2. The molecule has 0 atom stereocenters. The van der Waals surface area contributed by atoms with Crippen molar-refractivity contribution >= 4 is 17.4 Å². The van der Waals surface area contributed by atoms with Crippen molar-refractivity contribution in [1.82, 2.24) is 9.97 Å². The first-order chi connectivity index (χ1) is 11.7. The van der Waals surface area contributed by atoms with Crippen LogP contribution in [0, 0.1) is 11.3 Å². The molecule has 2 rings (SSSR count). The van der Waals surface area contributed by atoms with Crippen LogP contribution in [0.1, 0.15) is 42.7 Å². The Morgan fingerprint density at radius 2 is 1.96 bits per heavy atom. The Hall–Kier alpha value is -2.94. The first kappa shape index (κ1) is 17.4. The van der Waals surface area contributed by atoms with Crippen LogP contribution in [0.4, 0.5) is 11.5 Å². The standard InChI is InChI=1S/C18H21N5O/c1-3-8-23(9-4-2)17-11-16(20-13-21-17)18(24)22-15-7-5-6-14(10-15)12-19/h5-7,10-11,13H,3-4,8-9H2,1-2H3,(H,22,24). The lowest BCUT2D eigenvalue weighted by molar-refractivity contribution is 0.102. The van der Waals surface area contributed by atoms with Crippen molar-refractivity contribution in [2.45, 2.75) is 26.7 Å². The third-order valence-corrected chi connectivity index (χ3v) is 3.45. The highest BCUT2D eigenvalue weighted by Gasteiger charge is 2.12. The van der Waals surface area contributed by atoms with Crippen LogP contribution in [0.15, 0.2) is 36.7 Å². The van der Waals surface area contributed by atoms with Gasteiger partial charge in [0.15, 0.2) is 0 Å². The van der Waals surface area contributed by atoms with E-state index < -0.39 is 0 Å². The summed E-state index contributed by atoms with van der Waals surface area (Å²) in [6, 6.07) is 10.5. The topological polar surface area (TPSA) is 81.9 Å². The summed E-state index contributed by atoms with van der Waals surface area (Å²) < 4.78 is 0. The van der Waals surface area contributed by atoms with Gasteiger partial charge in [0.05, 0.1) is 11.6 Å². The van der Waals surface area contributed by atoms with Crippen LogP contribution in [0.3, 0.4) is 0 Å². The maximum Gasteiger partial charge on any atom is 0.274 e. The zero-order valence-corrected chi connectivity index (χ0v) is 14.0. The molecule has 0 aliphatic rings. The molecule has 0 bridgehead atoms. The summed E-state index contributed by atoms with van der Waals surface area (Å²) in [4.78, 5) is 22.9. The number of nitrogens with one attached hydrogen (secondary N) is 1. The minimum Gasteiger partial charge on any atom is -0.357 e. The number of benzene rings is 1. The second kappa shape index (κ2) is 8.63. The van der Waals surface area contributed by atoms with Crippen LogP contribution in [-0.2, 0) is 0 Å². The zero-order valence-electron chi connectivity index (χ0n) is 14.0. The number of hydrogen-bond donors (Lipinski definition) is 1. The van der Waals surface area contributed by atoms with Crippen LogP contribution in [0.25, 0.3) is 0 Å². The molecule has 1 aromatic heterocycles. The zero-order chi connectivity index (χ0) is 17.4. The van der Waals surface area contributed by atoms with Crippen LogP contribution >= 0.6 is 0 Å². The summed E-state index contributed by atoms with van der Waals surface area (Å²) in [7, 11) is 0. The lowest BCUT2D eigenvalue weighted by Gasteiger charge is -2.22. The molecule has 0 saturated heterocycles. The van der Waals surface area contributed by atoms with E-state index in [0.29, 0.717) is 16.9 Å². The summed E-state index contributed by atoms with van der Waals surface area (Å²) in [5.74, 6) is 0.436. The van der Waals surface area contributed by atoms with Crippen molar-refractivity contribution in [3.8, 4) is 6.07 Å². The van der Waals surface area contributed by atoms with E-state index in [9.17, 15) is 4.79 Å². The van der Waals surface area contributed by atoms with Gasteiger partial charge in [-0.25, -0.2) is 9.97 Å². The predicted octanol–water partition coefficient (Wildman–Crippen LogP) is 3.23. The van der Waals surface area contributed by atoms with Crippen molar-refractivity contribution in [3.05, 3.63) is 47.9 Å². The number of hydrogen-bond acceptors (Lipinski definition) is 5. The molecule has 0 unspecified atom stereocenters. The summed E-state index contributed by atoms with van der Waals surface area (Å²) in [6.07, 6.45) is 3.42. The lowest BCUT2D eigenvalue weighted by atomic mass is 10.2. The Kier molecular flexibility index (Phi) is 6.26. The van der Waals surface area contributed by atoms with Gasteiger partial charge in [-0.15, -0.1) is 0 Å². The number of carbonyl (C=O) groups is 1. The van der Waals surface area contributed by atoms with Gasteiger partial charge in [0.25, 0.3) is 5.91 Å². The molecule has 0 aliphatic heterocycles. The van der Waals surface area contributed by atoms with Gasteiger partial charge in [0.1, 0.15) is 17.8 Å². The third kappa shape index (κ3) is 4.53. The molecule has 124 valence electrons. The molecule has 0 spiro atoms. The van der Waals surface area contributed by atoms with E-state index in [1.807, 2.05) is 6.07 Å². The molecule has 0 fully saturated rings. The normalized spacial score (nSPS) is 10.0. The third-order valence-electron chi connectivity index (χ3n) is 3.45. The van der Waals surface area contributed by atoms with E-state index in [2.05, 4.69) is 34.0 Å². The molecule has 0 radical (unpaired) electrons. The molecule has 24 heavy (non-hydrogen) atoms. The minimum atomic E-state index is -0.318.